The third-order valence-corrected chi connectivity index (χ3v) is 9.71. The monoisotopic (exact) mass is 568 g/mol. The summed E-state index contributed by atoms with van der Waals surface area (Å²) >= 11 is 0. The SMILES string of the molecule is C=C[C@H](NC(=O)c1ccc(CN(CCCC2CCCCC2)S(=O)(=O)CCCC)cc1-c1ccccc1C)C(=O)O. The van der Waals surface area contributed by atoms with Gasteiger partial charge in [-0.15, -0.1) is 6.58 Å². The van der Waals surface area contributed by atoms with E-state index in [1.54, 1.807) is 16.4 Å². The lowest BCUT2D eigenvalue weighted by molar-refractivity contribution is -0.137. The summed E-state index contributed by atoms with van der Waals surface area (Å²) in [6, 6.07) is 11.7. The van der Waals surface area contributed by atoms with Crippen molar-refractivity contribution in [2.24, 2.45) is 5.92 Å². The van der Waals surface area contributed by atoms with Crippen LogP contribution in [0.1, 0.15) is 86.2 Å². The lowest BCUT2D eigenvalue weighted by Crippen LogP contribution is -2.39. The Morgan fingerprint density at radius 3 is 2.48 bits per heavy atom. The predicted octanol–water partition coefficient (Wildman–Crippen LogP) is 6.32. The van der Waals surface area contributed by atoms with E-state index in [0.717, 1.165) is 36.0 Å². The molecule has 40 heavy (non-hydrogen) atoms. The van der Waals surface area contributed by atoms with Crippen molar-refractivity contribution < 1.29 is 23.1 Å². The lowest BCUT2D eigenvalue weighted by Gasteiger charge is -2.25. The van der Waals surface area contributed by atoms with E-state index in [-0.39, 0.29) is 12.3 Å². The fraction of sp³-hybridized carbons (Fsp3) is 0.500. The van der Waals surface area contributed by atoms with Gasteiger partial charge in [-0.05, 0) is 66.5 Å². The first-order valence-electron chi connectivity index (χ1n) is 14.5. The van der Waals surface area contributed by atoms with Crippen molar-refractivity contribution in [2.45, 2.75) is 84.2 Å². The molecule has 2 aromatic carbocycles. The van der Waals surface area contributed by atoms with Crippen LogP contribution in [0.4, 0.5) is 0 Å². The molecular weight excluding hydrogens is 524 g/mol. The number of nitrogens with zero attached hydrogens (tertiary/aromatic N) is 1. The molecular formula is C32H44N2O5S. The molecule has 1 atom stereocenters. The summed E-state index contributed by atoms with van der Waals surface area (Å²) in [6.07, 6.45) is 10.8. The highest BCUT2D eigenvalue weighted by molar-refractivity contribution is 7.89. The molecule has 8 heteroatoms. The molecule has 2 aromatic rings. The molecule has 0 bridgehead atoms. The normalized spacial score (nSPS) is 15.1. The van der Waals surface area contributed by atoms with Gasteiger partial charge in [0.05, 0.1) is 5.75 Å². The summed E-state index contributed by atoms with van der Waals surface area (Å²) in [6.45, 7) is 8.14. The Hall–Kier alpha value is -2.97. The van der Waals surface area contributed by atoms with Gasteiger partial charge < -0.3 is 10.4 Å². The molecule has 0 heterocycles. The zero-order valence-electron chi connectivity index (χ0n) is 23.9. The van der Waals surface area contributed by atoms with Gasteiger partial charge in [0.1, 0.15) is 6.04 Å². The third kappa shape index (κ3) is 8.77. The quantitative estimate of drug-likeness (QED) is 0.245. The summed E-state index contributed by atoms with van der Waals surface area (Å²) in [5, 5.41) is 11.9. The van der Waals surface area contributed by atoms with Crippen LogP contribution in [0.25, 0.3) is 11.1 Å². The minimum atomic E-state index is -3.45. The summed E-state index contributed by atoms with van der Waals surface area (Å²) < 4.78 is 28.4. The van der Waals surface area contributed by atoms with Gasteiger partial charge in [-0.1, -0.05) is 81.9 Å². The van der Waals surface area contributed by atoms with Gasteiger partial charge in [-0.3, -0.25) is 4.79 Å². The van der Waals surface area contributed by atoms with Crippen molar-refractivity contribution >= 4 is 21.9 Å². The summed E-state index contributed by atoms with van der Waals surface area (Å²) in [7, 11) is -3.45. The number of aliphatic carboxylic acids is 1. The molecule has 0 unspecified atom stereocenters. The van der Waals surface area contributed by atoms with Crippen LogP contribution in [0.2, 0.25) is 0 Å². The highest BCUT2D eigenvalue weighted by Gasteiger charge is 2.25. The number of rotatable bonds is 15. The van der Waals surface area contributed by atoms with Gasteiger partial charge in [0.25, 0.3) is 5.91 Å². The molecule has 218 valence electrons. The van der Waals surface area contributed by atoms with Gasteiger partial charge >= 0.3 is 5.97 Å². The van der Waals surface area contributed by atoms with Gasteiger partial charge in [0, 0.05) is 18.7 Å². The Morgan fingerprint density at radius 1 is 1.10 bits per heavy atom. The number of amides is 1. The van der Waals surface area contributed by atoms with Crippen molar-refractivity contribution in [1.29, 1.82) is 0 Å². The Kier molecular flexibility index (Phi) is 11.9. The Morgan fingerprint density at radius 2 is 1.82 bits per heavy atom. The number of aryl methyl sites for hydroxylation is 1. The lowest BCUT2D eigenvalue weighted by atomic mass is 9.86. The number of carboxylic acid groups (broad SMARTS) is 1. The van der Waals surface area contributed by atoms with Crippen LogP contribution in [0, 0.1) is 12.8 Å². The average molecular weight is 569 g/mol. The molecule has 2 N–H and O–H groups in total. The average Bonchev–Trinajstić information content (AvgIpc) is 2.94. The molecule has 0 saturated heterocycles. The van der Waals surface area contributed by atoms with E-state index >= 15 is 0 Å². The first-order chi connectivity index (χ1) is 19.2. The molecule has 0 radical (unpaired) electrons. The van der Waals surface area contributed by atoms with Crippen LogP contribution in [-0.4, -0.2) is 48.0 Å². The number of hydrogen-bond donors (Lipinski definition) is 2. The molecule has 1 amide bonds. The van der Waals surface area contributed by atoms with Crippen LogP contribution in [0.3, 0.4) is 0 Å². The van der Waals surface area contributed by atoms with E-state index in [1.807, 2.05) is 44.2 Å². The number of carbonyl (C=O) groups is 2. The number of nitrogens with one attached hydrogen (secondary N) is 1. The van der Waals surface area contributed by atoms with Crippen molar-refractivity contribution in [1.82, 2.24) is 9.62 Å². The van der Waals surface area contributed by atoms with Gasteiger partial charge in [0.2, 0.25) is 10.0 Å². The first-order valence-corrected chi connectivity index (χ1v) is 16.1. The molecule has 1 fully saturated rings. The zero-order chi connectivity index (χ0) is 29.1. The molecule has 0 aromatic heterocycles. The Bertz CT molecular complexity index is 1270. The van der Waals surface area contributed by atoms with Gasteiger partial charge in [-0.2, -0.15) is 4.31 Å². The van der Waals surface area contributed by atoms with Crippen LogP contribution in [0.15, 0.2) is 55.1 Å². The van der Waals surface area contributed by atoms with Crippen LogP contribution in [-0.2, 0) is 21.4 Å². The van der Waals surface area contributed by atoms with Gasteiger partial charge in [0.15, 0.2) is 0 Å². The maximum absolute atomic E-state index is 13.4. The second-order valence-corrected chi connectivity index (χ2v) is 13.0. The molecule has 1 aliphatic carbocycles. The third-order valence-electron chi connectivity index (χ3n) is 7.80. The Balaban J connectivity index is 1.92. The standard InChI is InChI=1S/C32H44N2O5S/c1-4-6-21-40(38,39)34(20-12-16-25-14-8-7-9-15-25)23-26-18-19-28(31(35)33-30(5-2)32(36)37)29(22-26)27-17-11-10-13-24(27)3/h5,10-11,13,17-19,22,25,30H,2,4,6-9,12,14-16,20-21,23H2,1,3H3,(H,33,35)(H,36,37)/t30-/m0/s1. The topological polar surface area (TPSA) is 104 Å². The van der Waals surface area contributed by atoms with Crippen molar-refractivity contribution in [3.63, 3.8) is 0 Å². The number of carbonyl (C=O) groups excluding carboxylic acids is 1. The molecule has 1 saturated carbocycles. The van der Waals surface area contributed by atoms with E-state index in [1.165, 1.54) is 38.2 Å². The second kappa shape index (κ2) is 15.1. The van der Waals surface area contributed by atoms with Crippen LogP contribution >= 0.6 is 0 Å². The number of unbranched alkanes of at least 4 members (excludes halogenated alkanes) is 1. The molecule has 3 rings (SSSR count). The minimum Gasteiger partial charge on any atom is -0.479 e. The zero-order valence-corrected chi connectivity index (χ0v) is 24.7. The molecule has 0 aliphatic heterocycles. The van der Waals surface area contributed by atoms with E-state index in [4.69, 9.17) is 0 Å². The number of benzene rings is 2. The molecule has 1 aliphatic rings. The minimum absolute atomic E-state index is 0.121. The van der Waals surface area contributed by atoms with Crippen LogP contribution < -0.4 is 5.32 Å². The van der Waals surface area contributed by atoms with Crippen molar-refractivity contribution in [3.05, 3.63) is 71.8 Å². The number of carboxylic acids is 1. The van der Waals surface area contributed by atoms with Crippen molar-refractivity contribution in [3.8, 4) is 11.1 Å². The highest BCUT2D eigenvalue weighted by Crippen LogP contribution is 2.30. The predicted molar refractivity (Wildman–Crippen MR) is 161 cm³/mol. The first kappa shape index (κ1) is 31.6. The fourth-order valence-electron chi connectivity index (χ4n) is 5.43. The maximum Gasteiger partial charge on any atom is 0.330 e. The second-order valence-electron chi connectivity index (χ2n) is 10.9. The maximum atomic E-state index is 13.4. The summed E-state index contributed by atoms with van der Waals surface area (Å²) in [4.78, 5) is 24.7. The largest absolute Gasteiger partial charge is 0.479 e. The smallest absolute Gasteiger partial charge is 0.330 e. The molecule has 0 spiro atoms. The van der Waals surface area contributed by atoms with E-state index in [2.05, 4.69) is 11.9 Å². The molecule has 7 nitrogen and oxygen atoms in total. The van der Waals surface area contributed by atoms with Crippen LogP contribution in [0.5, 0.6) is 0 Å². The van der Waals surface area contributed by atoms with Gasteiger partial charge in [-0.25, -0.2) is 13.2 Å². The highest BCUT2D eigenvalue weighted by atomic mass is 32.2. The van der Waals surface area contributed by atoms with E-state index in [9.17, 15) is 23.1 Å². The van der Waals surface area contributed by atoms with E-state index in [0.29, 0.717) is 30.0 Å². The summed E-state index contributed by atoms with van der Waals surface area (Å²) in [5.74, 6) is -0.920. The number of sulfonamides is 1. The van der Waals surface area contributed by atoms with E-state index < -0.39 is 27.9 Å². The fourth-order valence-corrected chi connectivity index (χ4v) is 7.10. The number of hydrogen-bond acceptors (Lipinski definition) is 4. The summed E-state index contributed by atoms with van der Waals surface area (Å²) in [5.41, 5.74) is 3.52. The Labute approximate surface area is 239 Å². The van der Waals surface area contributed by atoms with Crippen molar-refractivity contribution in [2.75, 3.05) is 12.3 Å².